The number of nitrogens with zero attached hydrogens (tertiary/aromatic N) is 6. The molecule has 32 rings (SSSR count). The molecule has 28 aromatic rings. The lowest BCUT2D eigenvalue weighted by Gasteiger charge is -2.30. The first kappa shape index (κ1) is 83.6. The molecule has 22 aromatic carbocycles. The Labute approximate surface area is 849 Å². The van der Waals surface area contributed by atoms with Gasteiger partial charge in [-0.1, -0.05) is 364 Å². The summed E-state index contributed by atoms with van der Waals surface area (Å²) in [6.45, 7) is 0. The Morgan fingerprint density at radius 1 is 0.163 bits per heavy atom. The average Bonchev–Trinajstić information content (AvgIpc) is 1.50. The number of hydrogen-bond donors (Lipinski definition) is 0. The van der Waals surface area contributed by atoms with Crippen molar-refractivity contribution in [3.8, 4) is 101 Å². The van der Waals surface area contributed by atoms with Gasteiger partial charge < -0.3 is 27.4 Å². The molecule has 6 nitrogen and oxygen atoms in total. The molecular weight excluding hydrogens is 1780 g/mol. The number of aromatic nitrogens is 6. The van der Waals surface area contributed by atoms with E-state index in [-0.39, 0.29) is 5.41 Å². The van der Waals surface area contributed by atoms with Crippen molar-refractivity contribution in [3.05, 3.63) is 573 Å². The maximum Gasteiger partial charge on any atom is 0.0726 e. The van der Waals surface area contributed by atoms with Crippen LogP contribution < -0.4 is 0 Å². The highest BCUT2D eigenvalue weighted by Crippen LogP contribution is 2.64. The Hall–Kier alpha value is -19.1. The van der Waals surface area contributed by atoms with Crippen LogP contribution in [-0.2, 0) is 5.41 Å². The van der Waals surface area contributed by atoms with E-state index in [1.165, 1.54) is 265 Å². The molecule has 2 atom stereocenters. The zero-order valence-corrected chi connectivity index (χ0v) is 80.3. The summed E-state index contributed by atoms with van der Waals surface area (Å²) in [5.74, 6) is 0.695. The van der Waals surface area contributed by atoms with E-state index in [2.05, 4.69) is 573 Å². The molecule has 4 aliphatic carbocycles. The lowest BCUT2D eigenvalue weighted by atomic mass is 9.70. The van der Waals surface area contributed by atoms with Gasteiger partial charge in [0, 0.05) is 111 Å². The lowest BCUT2D eigenvalue weighted by molar-refractivity contribution is 0.693. The second-order valence-corrected chi connectivity index (χ2v) is 39.5. The summed E-state index contributed by atoms with van der Waals surface area (Å²) < 4.78 is 14.5. The number of rotatable bonds is 10. The van der Waals surface area contributed by atoms with Crippen LogP contribution >= 0.6 is 0 Å². The predicted molar refractivity (Wildman–Crippen MR) is 617 cm³/mol. The van der Waals surface area contributed by atoms with Gasteiger partial charge in [0.1, 0.15) is 0 Å². The van der Waals surface area contributed by atoms with E-state index in [1.54, 1.807) is 0 Å². The topological polar surface area (TPSA) is 29.6 Å². The molecule has 0 radical (unpaired) electrons. The molecule has 0 bridgehead atoms. The Balaban J connectivity index is 0.000000103. The van der Waals surface area contributed by atoms with Gasteiger partial charge in [0.2, 0.25) is 0 Å². The second-order valence-electron chi connectivity index (χ2n) is 39.5. The third-order valence-electron chi connectivity index (χ3n) is 31.9. The highest BCUT2D eigenvalue weighted by molar-refractivity contribution is 6.24. The highest BCUT2D eigenvalue weighted by Gasteiger charge is 2.52. The third-order valence-corrected chi connectivity index (χ3v) is 31.9. The van der Waals surface area contributed by atoms with Crippen molar-refractivity contribution < 1.29 is 0 Å². The van der Waals surface area contributed by atoms with Crippen LogP contribution in [0.15, 0.2) is 540 Å². The second kappa shape index (κ2) is 33.5. The first-order chi connectivity index (χ1) is 73.0. The Morgan fingerprint density at radius 2 is 0.469 bits per heavy atom. The highest BCUT2D eigenvalue weighted by atomic mass is 15.0. The van der Waals surface area contributed by atoms with Gasteiger partial charge in [-0.15, -0.1) is 0 Å². The molecule has 0 aliphatic heterocycles. The van der Waals surface area contributed by atoms with E-state index < -0.39 is 0 Å². The van der Waals surface area contributed by atoms with Crippen molar-refractivity contribution in [1.82, 2.24) is 27.4 Å². The van der Waals surface area contributed by atoms with E-state index in [9.17, 15) is 0 Å². The third kappa shape index (κ3) is 12.9. The molecule has 6 aromatic heterocycles. The summed E-state index contributed by atoms with van der Waals surface area (Å²) in [7, 11) is 0. The molecule has 147 heavy (non-hydrogen) atoms. The Bertz CT molecular complexity index is 10300. The van der Waals surface area contributed by atoms with E-state index >= 15 is 0 Å². The SMILES string of the molecule is C1=CC2C=Cc3c(c4cc(-c5ccc6c(c5)c5cc(-c7ccccc7)ccc5n6-c5ccccc5)ccc4n3-c3ccccc3)C2C=C1.c1ccc(-n2c3ccccc3c3cc(-c4cc5c6ccccc6n(-c6ccccc6)c5c5ccccc45)ccc32)cc1.c1ccc(-n2c3ccccc3c3cc(-c4ccc5c(c4)c4ccccc4n5-c4ccc5c(c4)C4(c6ccccc6-c6ccccc64)c4ccccc4-5)ccc32)cc1. The quantitative estimate of drug-likeness (QED) is 0.131. The van der Waals surface area contributed by atoms with E-state index in [1.807, 2.05) is 0 Å². The zero-order chi connectivity index (χ0) is 96.5. The maximum absolute atomic E-state index is 2.49. The van der Waals surface area contributed by atoms with Crippen molar-refractivity contribution in [2.45, 2.75) is 11.3 Å². The average molecular weight is 1870 g/mol. The summed E-state index contributed by atoms with van der Waals surface area (Å²) in [5.41, 5.74) is 43.4. The normalized spacial score (nSPS) is 14.0. The van der Waals surface area contributed by atoms with Crippen LogP contribution in [0.5, 0.6) is 0 Å². The van der Waals surface area contributed by atoms with Gasteiger partial charge in [0.15, 0.2) is 0 Å². The van der Waals surface area contributed by atoms with Crippen LogP contribution in [0.2, 0.25) is 0 Å². The van der Waals surface area contributed by atoms with Gasteiger partial charge >= 0.3 is 0 Å². The van der Waals surface area contributed by atoms with Gasteiger partial charge in [-0.05, 0) is 282 Å². The van der Waals surface area contributed by atoms with Crippen molar-refractivity contribution in [1.29, 1.82) is 0 Å². The fourth-order valence-corrected chi connectivity index (χ4v) is 25.6. The molecule has 1 spiro atoms. The molecule has 2 unspecified atom stereocenters. The predicted octanol–water partition coefficient (Wildman–Crippen LogP) is 36.5. The molecule has 686 valence electrons. The minimum Gasteiger partial charge on any atom is -0.310 e. The monoisotopic (exact) mass is 1870 g/mol. The number of fused-ring (bicyclic) bond motifs is 32. The first-order valence-corrected chi connectivity index (χ1v) is 51.1. The fraction of sp³-hybridized carbons (Fsp3) is 0.0213. The minimum atomic E-state index is -0.386. The van der Waals surface area contributed by atoms with Crippen LogP contribution in [-0.4, -0.2) is 27.4 Å². The van der Waals surface area contributed by atoms with Crippen molar-refractivity contribution >= 4 is 137 Å². The van der Waals surface area contributed by atoms with E-state index in [4.69, 9.17) is 0 Å². The molecule has 0 fully saturated rings. The van der Waals surface area contributed by atoms with Crippen LogP contribution in [0.3, 0.4) is 0 Å². The number of allylic oxidation sites excluding steroid dienone is 5. The van der Waals surface area contributed by atoms with Crippen LogP contribution in [0.25, 0.3) is 238 Å². The molecule has 0 saturated heterocycles. The van der Waals surface area contributed by atoms with Crippen LogP contribution in [0.1, 0.15) is 39.4 Å². The first-order valence-electron chi connectivity index (χ1n) is 51.1. The summed E-state index contributed by atoms with van der Waals surface area (Å²) in [4.78, 5) is 0. The lowest BCUT2D eigenvalue weighted by Crippen LogP contribution is -2.26. The molecule has 0 saturated carbocycles. The zero-order valence-electron chi connectivity index (χ0n) is 80.3. The van der Waals surface area contributed by atoms with Crippen LogP contribution in [0, 0.1) is 5.92 Å². The maximum atomic E-state index is 2.49. The smallest absolute Gasteiger partial charge is 0.0726 e. The molecule has 0 amide bonds. The van der Waals surface area contributed by atoms with Gasteiger partial charge in [0.05, 0.1) is 71.8 Å². The van der Waals surface area contributed by atoms with E-state index in [0.29, 0.717) is 11.8 Å². The van der Waals surface area contributed by atoms with E-state index in [0.717, 1.165) is 0 Å². The Kier molecular flexibility index (Phi) is 19.1. The van der Waals surface area contributed by atoms with Crippen molar-refractivity contribution in [3.63, 3.8) is 0 Å². The molecule has 6 heterocycles. The van der Waals surface area contributed by atoms with Crippen molar-refractivity contribution in [2.24, 2.45) is 5.92 Å². The summed E-state index contributed by atoms with van der Waals surface area (Å²) in [6, 6.07) is 187. The number of para-hydroxylation sites is 9. The number of hydrogen-bond acceptors (Lipinski definition) is 0. The fourth-order valence-electron chi connectivity index (χ4n) is 25.6. The molecule has 0 N–H and O–H groups in total. The van der Waals surface area contributed by atoms with Crippen LogP contribution in [0.4, 0.5) is 0 Å². The van der Waals surface area contributed by atoms with Crippen molar-refractivity contribution in [2.75, 3.05) is 0 Å². The standard InChI is InChI=1S/C55H34N2.C46H32N2.C40H26N2/c1-2-14-37(15-3-1)56-51-24-12-7-19-43(51)45-32-35(26-30-53(45)56)36-27-31-54-46(33-36)44-20-8-13-25-52(44)57(54)38-28-29-42-41-18-6-11-23-49(41)55(50(42)34-38)47-21-9-4-16-39(47)40-17-5-10-22-48(40)55;1-4-12-31(13-5-1)33-21-24-42-39(28-33)40-29-34(22-25-43(40)47(42)36-15-6-2-7-16-36)35-23-26-44-41(30-35)46-38-19-11-10-14-32(38)20-27-45(46)48(44)37-17-8-3-9-18-37;1-3-13-28(14-4-1)41-37-21-11-9-18-31(37)35-25-27(23-24-39(35)41)34-26-36-32-19-10-12-22-38(32)42(29-15-5-2-6-16-29)40(36)33-20-8-7-17-30(33)34/h1-34H;1-30,32,38H;1-26H. The van der Waals surface area contributed by atoms with Gasteiger partial charge in [-0.3, -0.25) is 0 Å². The summed E-state index contributed by atoms with van der Waals surface area (Å²) in [6.07, 6.45) is 13.8. The summed E-state index contributed by atoms with van der Waals surface area (Å²) in [5, 5.41) is 16.5. The van der Waals surface area contributed by atoms with Gasteiger partial charge in [-0.2, -0.15) is 0 Å². The minimum absolute atomic E-state index is 0.320. The molecule has 4 aliphatic rings. The largest absolute Gasteiger partial charge is 0.310 e. The molecule has 6 heteroatoms. The van der Waals surface area contributed by atoms with Gasteiger partial charge in [-0.25, -0.2) is 0 Å². The molecular formula is C141H92N6. The Morgan fingerprint density at radius 3 is 0.918 bits per heavy atom. The summed E-state index contributed by atoms with van der Waals surface area (Å²) >= 11 is 0. The van der Waals surface area contributed by atoms with Gasteiger partial charge in [0.25, 0.3) is 0 Å². The number of benzene rings is 22.